The molecule has 1 saturated heterocycles. The van der Waals surface area contributed by atoms with Crippen molar-refractivity contribution in [2.45, 2.75) is 12.1 Å². The van der Waals surface area contributed by atoms with Gasteiger partial charge in [-0.1, -0.05) is 12.1 Å². The van der Waals surface area contributed by atoms with Crippen LogP contribution < -0.4 is 20.1 Å². The second-order valence-corrected chi connectivity index (χ2v) is 5.15. The predicted octanol–water partition coefficient (Wildman–Crippen LogP) is 2.12. The van der Waals surface area contributed by atoms with Crippen LogP contribution in [-0.4, -0.2) is 26.2 Å². The Morgan fingerprint density at radius 2 is 1.41 bits per heavy atom. The van der Waals surface area contributed by atoms with Crippen molar-refractivity contribution in [3.63, 3.8) is 0 Å². The van der Waals surface area contributed by atoms with Crippen molar-refractivity contribution in [3.05, 3.63) is 54.1 Å². The van der Waals surface area contributed by atoms with E-state index < -0.39 is 6.04 Å². The lowest BCUT2D eigenvalue weighted by Gasteiger charge is -2.45. The molecule has 1 aliphatic heterocycles. The molecule has 2 aromatic rings. The molecule has 1 aliphatic rings. The minimum atomic E-state index is -0.518. The van der Waals surface area contributed by atoms with Crippen molar-refractivity contribution in [1.82, 2.24) is 0 Å². The first kappa shape index (κ1) is 14.4. The minimum absolute atomic E-state index is 0.0778. The van der Waals surface area contributed by atoms with Gasteiger partial charge in [0.15, 0.2) is 0 Å². The quantitative estimate of drug-likeness (QED) is 0.878. The monoisotopic (exact) mass is 298 g/mol. The number of carbonyl (C=O) groups is 1. The highest BCUT2D eigenvalue weighted by molar-refractivity contribution is 6.05. The van der Waals surface area contributed by atoms with E-state index in [2.05, 4.69) is 0 Å². The fourth-order valence-corrected chi connectivity index (χ4v) is 2.70. The maximum absolute atomic E-state index is 12.2. The molecule has 0 aliphatic carbocycles. The number of benzene rings is 2. The number of anilines is 1. The van der Waals surface area contributed by atoms with Crippen molar-refractivity contribution in [2.75, 3.05) is 19.1 Å². The first-order valence-electron chi connectivity index (χ1n) is 7.02. The Bertz CT molecular complexity index is 667. The number of β-lactam (4-membered cyclic amide) rings is 1. The highest BCUT2D eigenvalue weighted by Crippen LogP contribution is 2.39. The van der Waals surface area contributed by atoms with Crippen LogP contribution in [0.5, 0.6) is 11.5 Å². The van der Waals surface area contributed by atoms with Gasteiger partial charge in [0.25, 0.3) is 0 Å². The lowest BCUT2D eigenvalue weighted by atomic mass is 9.88. The van der Waals surface area contributed by atoms with Crippen LogP contribution in [0.25, 0.3) is 0 Å². The predicted molar refractivity (Wildman–Crippen MR) is 84.2 cm³/mol. The molecule has 0 spiro atoms. The van der Waals surface area contributed by atoms with Gasteiger partial charge in [0, 0.05) is 5.69 Å². The van der Waals surface area contributed by atoms with Gasteiger partial charge in [0.2, 0.25) is 5.91 Å². The summed E-state index contributed by atoms with van der Waals surface area (Å²) < 4.78 is 10.3. The summed E-state index contributed by atoms with van der Waals surface area (Å²) in [6.45, 7) is 0. The number of methoxy groups -OCH3 is 2. The average molecular weight is 298 g/mol. The lowest BCUT2D eigenvalue weighted by molar-refractivity contribution is -0.126. The Labute approximate surface area is 129 Å². The highest BCUT2D eigenvalue weighted by Gasteiger charge is 2.46. The molecular formula is C17H18N2O3. The van der Waals surface area contributed by atoms with Crippen LogP contribution >= 0.6 is 0 Å². The summed E-state index contributed by atoms with van der Waals surface area (Å²) in [5.74, 6) is 1.45. The first-order valence-corrected chi connectivity index (χ1v) is 7.02. The van der Waals surface area contributed by atoms with Crippen LogP contribution in [0.4, 0.5) is 5.69 Å². The third kappa shape index (κ3) is 2.29. The summed E-state index contributed by atoms with van der Waals surface area (Å²) >= 11 is 0. The molecule has 114 valence electrons. The first-order chi connectivity index (χ1) is 10.7. The highest BCUT2D eigenvalue weighted by atomic mass is 16.5. The van der Waals surface area contributed by atoms with E-state index in [0.717, 1.165) is 22.7 Å². The smallest absolute Gasteiger partial charge is 0.247 e. The Morgan fingerprint density at radius 1 is 0.909 bits per heavy atom. The van der Waals surface area contributed by atoms with Crippen LogP contribution in [0.15, 0.2) is 48.5 Å². The third-order valence-electron chi connectivity index (χ3n) is 3.95. The van der Waals surface area contributed by atoms with E-state index in [1.807, 2.05) is 48.5 Å². The summed E-state index contributed by atoms with van der Waals surface area (Å²) in [6.07, 6.45) is 0. The van der Waals surface area contributed by atoms with Gasteiger partial charge in [-0.15, -0.1) is 0 Å². The minimum Gasteiger partial charge on any atom is -0.497 e. The summed E-state index contributed by atoms with van der Waals surface area (Å²) in [4.78, 5) is 13.9. The third-order valence-corrected chi connectivity index (χ3v) is 3.95. The Morgan fingerprint density at radius 3 is 1.91 bits per heavy atom. The van der Waals surface area contributed by atoms with Crippen LogP contribution in [0.2, 0.25) is 0 Å². The van der Waals surface area contributed by atoms with Gasteiger partial charge in [-0.3, -0.25) is 4.79 Å². The Balaban J connectivity index is 1.89. The van der Waals surface area contributed by atoms with Crippen molar-refractivity contribution >= 4 is 11.6 Å². The Hall–Kier alpha value is -2.53. The number of rotatable bonds is 4. The summed E-state index contributed by atoms with van der Waals surface area (Å²) in [5, 5.41) is 0. The zero-order valence-corrected chi connectivity index (χ0v) is 12.5. The second-order valence-electron chi connectivity index (χ2n) is 5.15. The molecule has 5 nitrogen and oxygen atoms in total. The summed E-state index contributed by atoms with van der Waals surface area (Å²) in [6, 6.07) is 14.3. The normalized spacial score (nSPS) is 20.5. The zero-order valence-electron chi connectivity index (χ0n) is 12.5. The molecule has 2 N–H and O–H groups in total. The number of nitrogens with zero attached hydrogens (tertiary/aromatic N) is 1. The van der Waals surface area contributed by atoms with Crippen molar-refractivity contribution in [1.29, 1.82) is 0 Å². The molecule has 1 fully saturated rings. The number of hydrogen-bond acceptors (Lipinski definition) is 4. The molecule has 0 bridgehead atoms. The maximum atomic E-state index is 12.2. The van der Waals surface area contributed by atoms with Gasteiger partial charge in [0.05, 0.1) is 20.3 Å². The molecular weight excluding hydrogens is 280 g/mol. The van der Waals surface area contributed by atoms with Crippen molar-refractivity contribution in [2.24, 2.45) is 5.73 Å². The van der Waals surface area contributed by atoms with Crippen LogP contribution in [0.3, 0.4) is 0 Å². The SMILES string of the molecule is COc1ccc([C@H]2[C@@H](N)C(=O)N2c2ccc(OC)cc2)cc1. The van der Waals surface area contributed by atoms with Gasteiger partial charge in [-0.05, 0) is 42.0 Å². The lowest BCUT2D eigenvalue weighted by Crippen LogP contribution is -2.63. The van der Waals surface area contributed by atoms with E-state index in [0.29, 0.717) is 0 Å². The van der Waals surface area contributed by atoms with Crippen LogP contribution in [0, 0.1) is 0 Å². The molecule has 0 saturated carbocycles. The molecule has 22 heavy (non-hydrogen) atoms. The number of hydrogen-bond donors (Lipinski definition) is 1. The molecule has 0 radical (unpaired) electrons. The summed E-state index contributed by atoms with van der Waals surface area (Å²) in [5.41, 5.74) is 7.81. The zero-order chi connectivity index (χ0) is 15.7. The van der Waals surface area contributed by atoms with Crippen molar-refractivity contribution in [3.8, 4) is 11.5 Å². The molecule has 2 aromatic carbocycles. The largest absolute Gasteiger partial charge is 0.497 e. The molecule has 2 atom stereocenters. The molecule has 1 heterocycles. The molecule has 3 rings (SSSR count). The fourth-order valence-electron chi connectivity index (χ4n) is 2.70. The maximum Gasteiger partial charge on any atom is 0.247 e. The van der Waals surface area contributed by atoms with E-state index in [-0.39, 0.29) is 11.9 Å². The number of carbonyl (C=O) groups excluding carboxylic acids is 1. The van der Waals surface area contributed by atoms with E-state index in [1.165, 1.54) is 0 Å². The van der Waals surface area contributed by atoms with Gasteiger partial charge < -0.3 is 20.1 Å². The molecule has 0 aromatic heterocycles. The van der Waals surface area contributed by atoms with Gasteiger partial charge in [-0.2, -0.15) is 0 Å². The standard InChI is InChI=1S/C17H18N2O3/c1-21-13-7-3-11(4-8-13)16-15(18)17(20)19(16)12-5-9-14(22-2)10-6-12/h3-10,15-16H,18H2,1-2H3/t15-,16+/m1/s1. The van der Waals surface area contributed by atoms with E-state index in [4.69, 9.17) is 15.2 Å². The van der Waals surface area contributed by atoms with Gasteiger partial charge in [-0.25, -0.2) is 0 Å². The topological polar surface area (TPSA) is 64.8 Å². The molecule has 1 amide bonds. The van der Waals surface area contributed by atoms with E-state index in [9.17, 15) is 4.79 Å². The average Bonchev–Trinajstić information content (AvgIpc) is 2.59. The molecule has 5 heteroatoms. The van der Waals surface area contributed by atoms with E-state index >= 15 is 0 Å². The molecule has 0 unspecified atom stereocenters. The van der Waals surface area contributed by atoms with Gasteiger partial charge >= 0.3 is 0 Å². The summed E-state index contributed by atoms with van der Waals surface area (Å²) in [7, 11) is 3.23. The Kier molecular flexibility index (Phi) is 3.73. The van der Waals surface area contributed by atoms with Gasteiger partial charge in [0.1, 0.15) is 17.5 Å². The number of amides is 1. The van der Waals surface area contributed by atoms with E-state index in [1.54, 1.807) is 19.1 Å². The van der Waals surface area contributed by atoms with Crippen LogP contribution in [0.1, 0.15) is 11.6 Å². The number of nitrogens with two attached hydrogens (primary N) is 1. The van der Waals surface area contributed by atoms with Crippen molar-refractivity contribution < 1.29 is 14.3 Å². The fraction of sp³-hybridized carbons (Fsp3) is 0.235. The number of ether oxygens (including phenoxy) is 2. The second kappa shape index (κ2) is 5.69. The van der Waals surface area contributed by atoms with Crippen LogP contribution in [-0.2, 0) is 4.79 Å².